The number of hydrogen-bond donors (Lipinski definition) is 0. The largest absolute Gasteiger partial charge is 0.426 e. The van der Waals surface area contributed by atoms with Crippen LogP contribution in [0.4, 0.5) is 17.6 Å². The minimum atomic E-state index is -0.665. The number of halogens is 4. The summed E-state index contributed by atoms with van der Waals surface area (Å²) in [6, 6.07) is 26.4. The summed E-state index contributed by atoms with van der Waals surface area (Å²) in [5.41, 5.74) is 2.63. The third-order valence-corrected chi connectivity index (χ3v) is 7.87. The molecular formula is C40H31F4NO4. The van der Waals surface area contributed by atoms with Gasteiger partial charge in [-0.2, -0.15) is 5.26 Å². The molecule has 5 rings (SSSR count). The van der Waals surface area contributed by atoms with E-state index in [0.717, 1.165) is 31.4 Å². The van der Waals surface area contributed by atoms with Gasteiger partial charge in [-0.3, -0.25) is 9.59 Å². The molecule has 0 fully saturated rings. The molecule has 5 nitrogen and oxygen atoms in total. The number of carbonyl (C=O) groups excluding carboxylic acids is 2. The molecular weight excluding hydrogens is 634 g/mol. The lowest BCUT2D eigenvalue weighted by molar-refractivity contribution is -0.135. The SMILES string of the molecule is N#Cc1ccc(-c2ccc(-c3ccc(OC(=O)CCCCCCCC(=O)Oc4ccc(-c5ccc(F)cc5)c(F)c4)cc3F)cc2F)cc1. The molecule has 0 aliphatic carbocycles. The topological polar surface area (TPSA) is 76.4 Å². The van der Waals surface area contributed by atoms with E-state index in [1.807, 2.05) is 6.07 Å². The van der Waals surface area contributed by atoms with Crippen LogP contribution in [0, 0.1) is 34.6 Å². The average Bonchev–Trinajstić information content (AvgIpc) is 3.08. The molecule has 0 aromatic heterocycles. The van der Waals surface area contributed by atoms with E-state index < -0.39 is 35.2 Å². The lowest BCUT2D eigenvalue weighted by atomic mass is 9.98. The fourth-order valence-corrected chi connectivity index (χ4v) is 5.29. The molecule has 0 atom stereocenters. The van der Waals surface area contributed by atoms with Gasteiger partial charge in [0.05, 0.1) is 11.6 Å². The Hall–Kier alpha value is -5.75. The molecule has 0 saturated carbocycles. The highest BCUT2D eigenvalue weighted by Crippen LogP contribution is 2.31. The standard InChI is InChI=1S/C40H31F4NO4/c41-30-15-12-28(13-16-30)34-20-17-31(23-37(34)43)48-39(46)6-4-2-1-3-5-7-40(47)49-32-18-21-35(38(44)24-32)29-14-19-33(36(42)22-29)27-10-8-26(25-45)9-11-27/h8-24H,1-7H2. The Bertz CT molecular complexity index is 1990. The van der Waals surface area contributed by atoms with Crippen molar-refractivity contribution in [2.45, 2.75) is 44.9 Å². The van der Waals surface area contributed by atoms with E-state index >= 15 is 0 Å². The maximum absolute atomic E-state index is 14.9. The summed E-state index contributed by atoms with van der Waals surface area (Å²) in [6.45, 7) is 0. The van der Waals surface area contributed by atoms with Gasteiger partial charge in [0.15, 0.2) is 0 Å². The molecule has 248 valence electrons. The maximum Gasteiger partial charge on any atom is 0.311 e. The third kappa shape index (κ3) is 9.42. The Kier molecular flexibility index (Phi) is 11.6. The van der Waals surface area contributed by atoms with Gasteiger partial charge in [-0.25, -0.2) is 17.6 Å². The molecule has 9 heteroatoms. The number of nitriles is 1. The van der Waals surface area contributed by atoms with Gasteiger partial charge in [-0.1, -0.05) is 55.7 Å². The van der Waals surface area contributed by atoms with Gasteiger partial charge in [-0.15, -0.1) is 0 Å². The summed E-state index contributed by atoms with van der Waals surface area (Å²) in [5, 5.41) is 8.95. The van der Waals surface area contributed by atoms with Crippen LogP contribution in [0.1, 0.15) is 50.5 Å². The van der Waals surface area contributed by atoms with Gasteiger partial charge >= 0.3 is 11.9 Å². The van der Waals surface area contributed by atoms with Crippen molar-refractivity contribution in [2.24, 2.45) is 0 Å². The van der Waals surface area contributed by atoms with Gasteiger partial charge in [0.1, 0.15) is 34.8 Å². The fourth-order valence-electron chi connectivity index (χ4n) is 5.29. The molecule has 49 heavy (non-hydrogen) atoms. The normalized spacial score (nSPS) is 10.8. The van der Waals surface area contributed by atoms with Crippen LogP contribution in [0.3, 0.4) is 0 Å². The zero-order valence-corrected chi connectivity index (χ0v) is 26.4. The van der Waals surface area contributed by atoms with Crippen LogP contribution in [0.25, 0.3) is 33.4 Å². The number of benzene rings is 5. The first-order valence-electron chi connectivity index (χ1n) is 15.8. The number of carbonyl (C=O) groups is 2. The van der Waals surface area contributed by atoms with E-state index in [0.29, 0.717) is 40.7 Å². The lowest BCUT2D eigenvalue weighted by Crippen LogP contribution is -2.08. The van der Waals surface area contributed by atoms with E-state index in [2.05, 4.69) is 0 Å². The lowest BCUT2D eigenvalue weighted by Gasteiger charge is -2.10. The molecule has 0 aliphatic rings. The van der Waals surface area contributed by atoms with E-state index in [1.54, 1.807) is 36.4 Å². The van der Waals surface area contributed by atoms with Crippen LogP contribution < -0.4 is 9.47 Å². The van der Waals surface area contributed by atoms with E-state index in [1.165, 1.54) is 54.6 Å². The van der Waals surface area contributed by atoms with Crippen molar-refractivity contribution in [1.29, 1.82) is 5.26 Å². The van der Waals surface area contributed by atoms with Gasteiger partial charge in [-0.05, 0) is 84.1 Å². The van der Waals surface area contributed by atoms with Crippen molar-refractivity contribution < 1.29 is 36.6 Å². The van der Waals surface area contributed by atoms with Gasteiger partial charge in [0, 0.05) is 41.7 Å². The minimum Gasteiger partial charge on any atom is -0.426 e. The summed E-state index contributed by atoms with van der Waals surface area (Å²) in [6.07, 6.45) is 3.61. The Morgan fingerprint density at radius 2 is 0.918 bits per heavy atom. The zero-order chi connectivity index (χ0) is 34.8. The van der Waals surface area contributed by atoms with Gasteiger partial charge < -0.3 is 9.47 Å². The molecule has 0 unspecified atom stereocenters. The van der Waals surface area contributed by atoms with Crippen LogP contribution in [0.15, 0.2) is 103 Å². The molecule has 0 amide bonds. The van der Waals surface area contributed by atoms with Crippen molar-refractivity contribution in [1.82, 2.24) is 0 Å². The number of rotatable bonds is 13. The summed E-state index contributed by atoms with van der Waals surface area (Å²) in [7, 11) is 0. The maximum atomic E-state index is 14.9. The number of ether oxygens (including phenoxy) is 2. The van der Waals surface area contributed by atoms with Gasteiger partial charge in [0.2, 0.25) is 0 Å². The summed E-state index contributed by atoms with van der Waals surface area (Å²) < 4.78 is 68.0. The predicted octanol–water partition coefficient (Wildman–Crippen LogP) is 10.4. The predicted molar refractivity (Wildman–Crippen MR) is 177 cm³/mol. The first kappa shape index (κ1) is 34.6. The smallest absolute Gasteiger partial charge is 0.311 e. The summed E-state index contributed by atoms with van der Waals surface area (Å²) in [4.78, 5) is 24.5. The molecule has 0 bridgehead atoms. The highest BCUT2D eigenvalue weighted by Gasteiger charge is 2.14. The van der Waals surface area contributed by atoms with Gasteiger partial charge in [0.25, 0.3) is 0 Å². The quantitative estimate of drug-likeness (QED) is 0.0541. The van der Waals surface area contributed by atoms with Crippen LogP contribution in [0.5, 0.6) is 11.5 Å². The number of nitrogens with zero attached hydrogens (tertiary/aromatic N) is 1. The molecule has 0 saturated heterocycles. The fraction of sp³-hybridized carbons (Fsp3) is 0.175. The van der Waals surface area contributed by atoms with Crippen molar-refractivity contribution >= 4 is 11.9 Å². The monoisotopic (exact) mass is 665 g/mol. The molecule has 5 aromatic rings. The molecule has 0 radical (unpaired) electrons. The van der Waals surface area contributed by atoms with Crippen LogP contribution >= 0.6 is 0 Å². The minimum absolute atomic E-state index is 0.0458. The second kappa shape index (κ2) is 16.4. The van der Waals surface area contributed by atoms with Crippen LogP contribution in [-0.4, -0.2) is 11.9 Å². The molecule has 0 heterocycles. The van der Waals surface area contributed by atoms with Crippen LogP contribution in [0.2, 0.25) is 0 Å². The molecule has 0 N–H and O–H groups in total. The highest BCUT2D eigenvalue weighted by atomic mass is 19.1. The summed E-state index contributed by atoms with van der Waals surface area (Å²) in [5.74, 6) is -3.07. The Morgan fingerprint density at radius 1 is 0.510 bits per heavy atom. The van der Waals surface area contributed by atoms with Crippen molar-refractivity contribution in [2.75, 3.05) is 0 Å². The van der Waals surface area contributed by atoms with Crippen molar-refractivity contribution in [3.63, 3.8) is 0 Å². The summed E-state index contributed by atoms with van der Waals surface area (Å²) >= 11 is 0. The first-order chi connectivity index (χ1) is 23.7. The second-order valence-corrected chi connectivity index (χ2v) is 11.4. The first-order valence-corrected chi connectivity index (χ1v) is 15.8. The van der Waals surface area contributed by atoms with Crippen LogP contribution in [-0.2, 0) is 9.59 Å². The Morgan fingerprint density at radius 3 is 1.39 bits per heavy atom. The Labute approximate surface area is 281 Å². The van der Waals surface area contributed by atoms with E-state index in [9.17, 15) is 27.2 Å². The number of hydrogen-bond acceptors (Lipinski definition) is 5. The zero-order valence-electron chi connectivity index (χ0n) is 26.4. The molecule has 0 aliphatic heterocycles. The average molecular weight is 666 g/mol. The van der Waals surface area contributed by atoms with E-state index in [-0.39, 0.29) is 35.5 Å². The number of unbranched alkanes of at least 4 members (excludes halogenated alkanes) is 4. The van der Waals surface area contributed by atoms with Crippen molar-refractivity contribution in [3.05, 3.63) is 132 Å². The Balaban J connectivity index is 0.998. The van der Waals surface area contributed by atoms with E-state index in [4.69, 9.17) is 14.7 Å². The molecule has 5 aromatic carbocycles. The number of esters is 2. The van der Waals surface area contributed by atoms with Crippen molar-refractivity contribution in [3.8, 4) is 50.9 Å². The third-order valence-electron chi connectivity index (χ3n) is 7.87. The highest BCUT2D eigenvalue weighted by molar-refractivity contribution is 5.75. The molecule has 0 spiro atoms. The second-order valence-electron chi connectivity index (χ2n) is 11.4.